The first-order valence-corrected chi connectivity index (χ1v) is 4.53. The Morgan fingerprint density at radius 2 is 2.12 bits per heavy atom. The van der Waals surface area contributed by atoms with Gasteiger partial charge in [0, 0.05) is 11.6 Å². The van der Waals surface area contributed by atoms with E-state index in [1.54, 1.807) is 0 Å². The molecule has 0 spiro atoms. The maximum atomic E-state index is 10.6. The number of hydrogen-bond donors (Lipinski definition) is 1. The molecule has 0 aliphatic carbocycles. The molecule has 0 atom stereocenters. The van der Waals surface area contributed by atoms with E-state index in [-0.39, 0.29) is 11.4 Å². The van der Waals surface area contributed by atoms with Crippen LogP contribution in [0.4, 0.5) is 5.69 Å². The molecule has 0 aliphatic rings. The summed E-state index contributed by atoms with van der Waals surface area (Å²) in [5.41, 5.74) is 0.126. The van der Waals surface area contributed by atoms with Crippen molar-refractivity contribution in [3.63, 3.8) is 0 Å². The smallest absolute Gasteiger partial charge is 0.311 e. The van der Waals surface area contributed by atoms with Crippen molar-refractivity contribution in [2.75, 3.05) is 0 Å². The predicted octanol–water partition coefficient (Wildman–Crippen LogP) is 0.774. The third kappa shape index (κ3) is 2.43. The van der Waals surface area contributed by atoms with Crippen LogP contribution in [0.15, 0.2) is 36.0 Å². The van der Waals surface area contributed by atoms with E-state index in [1.165, 1.54) is 41.7 Å². The Labute approximate surface area is 95.0 Å². The molecular weight excluding hydrogens is 226 g/mol. The van der Waals surface area contributed by atoms with Crippen molar-refractivity contribution in [2.24, 2.45) is 5.10 Å². The van der Waals surface area contributed by atoms with E-state index in [2.05, 4.69) is 15.3 Å². The zero-order valence-corrected chi connectivity index (χ0v) is 8.46. The molecule has 86 valence electrons. The number of aromatic hydroxyl groups is 1. The molecule has 8 nitrogen and oxygen atoms in total. The Bertz CT molecular complexity index is 564. The van der Waals surface area contributed by atoms with Crippen LogP contribution >= 0.6 is 0 Å². The monoisotopic (exact) mass is 233 g/mol. The highest BCUT2D eigenvalue weighted by Crippen LogP contribution is 2.25. The average Bonchev–Trinajstić information content (AvgIpc) is 2.80. The fourth-order valence-electron chi connectivity index (χ4n) is 1.16. The molecule has 2 aromatic rings. The quantitative estimate of drug-likeness (QED) is 0.478. The van der Waals surface area contributed by atoms with Gasteiger partial charge in [0.2, 0.25) is 0 Å². The molecule has 0 aliphatic heterocycles. The molecule has 0 saturated carbocycles. The van der Waals surface area contributed by atoms with Crippen LogP contribution in [-0.4, -0.2) is 31.1 Å². The van der Waals surface area contributed by atoms with Gasteiger partial charge in [0.1, 0.15) is 12.7 Å². The van der Waals surface area contributed by atoms with Gasteiger partial charge in [-0.25, -0.2) is 4.68 Å². The maximum Gasteiger partial charge on any atom is 0.311 e. The van der Waals surface area contributed by atoms with E-state index < -0.39 is 4.92 Å². The van der Waals surface area contributed by atoms with E-state index >= 15 is 0 Å². The highest BCUT2D eigenvalue weighted by atomic mass is 16.6. The van der Waals surface area contributed by atoms with Crippen LogP contribution in [-0.2, 0) is 0 Å². The van der Waals surface area contributed by atoms with Crippen LogP contribution in [0.25, 0.3) is 0 Å². The average molecular weight is 233 g/mol. The minimum Gasteiger partial charge on any atom is -0.502 e. The van der Waals surface area contributed by atoms with Crippen molar-refractivity contribution in [1.29, 1.82) is 0 Å². The lowest BCUT2D eigenvalue weighted by atomic mass is 10.2. The normalized spacial score (nSPS) is 10.8. The van der Waals surface area contributed by atoms with Gasteiger partial charge in [0.25, 0.3) is 0 Å². The summed E-state index contributed by atoms with van der Waals surface area (Å²) in [5.74, 6) is -0.378. The van der Waals surface area contributed by atoms with Crippen LogP contribution in [0.3, 0.4) is 0 Å². The summed E-state index contributed by atoms with van der Waals surface area (Å²) >= 11 is 0. The minimum atomic E-state index is -0.661. The number of nitrogens with zero attached hydrogens (tertiary/aromatic N) is 5. The van der Waals surface area contributed by atoms with Crippen molar-refractivity contribution in [2.45, 2.75) is 0 Å². The van der Waals surface area contributed by atoms with Gasteiger partial charge in [-0.2, -0.15) is 5.10 Å². The molecule has 0 bridgehead atoms. The summed E-state index contributed by atoms with van der Waals surface area (Å²) in [6.45, 7) is 0. The summed E-state index contributed by atoms with van der Waals surface area (Å²) < 4.78 is 1.35. The molecule has 0 saturated heterocycles. The van der Waals surface area contributed by atoms with Gasteiger partial charge in [-0.15, -0.1) is 10.2 Å². The molecule has 1 aromatic heterocycles. The van der Waals surface area contributed by atoms with Gasteiger partial charge in [-0.3, -0.25) is 10.1 Å². The number of phenols is 1. The van der Waals surface area contributed by atoms with Crippen LogP contribution < -0.4 is 0 Å². The lowest BCUT2D eigenvalue weighted by Gasteiger charge is -1.97. The molecule has 1 N–H and O–H groups in total. The van der Waals surface area contributed by atoms with Crippen molar-refractivity contribution in [1.82, 2.24) is 14.9 Å². The van der Waals surface area contributed by atoms with Crippen LogP contribution in [0.5, 0.6) is 5.75 Å². The van der Waals surface area contributed by atoms with Crippen LogP contribution in [0.1, 0.15) is 5.56 Å². The third-order valence-corrected chi connectivity index (χ3v) is 1.94. The Morgan fingerprint density at radius 1 is 1.41 bits per heavy atom. The van der Waals surface area contributed by atoms with Gasteiger partial charge in [-0.1, -0.05) is 0 Å². The van der Waals surface area contributed by atoms with Gasteiger partial charge < -0.3 is 5.11 Å². The first-order chi connectivity index (χ1) is 8.16. The molecule has 0 unspecified atom stereocenters. The van der Waals surface area contributed by atoms with E-state index in [0.717, 1.165) is 0 Å². The molecule has 8 heteroatoms. The molecular formula is C9H7N5O3. The zero-order valence-electron chi connectivity index (χ0n) is 8.46. The third-order valence-electron chi connectivity index (χ3n) is 1.94. The molecule has 0 amide bonds. The van der Waals surface area contributed by atoms with Crippen molar-refractivity contribution >= 4 is 11.9 Å². The Kier molecular flexibility index (Phi) is 2.77. The van der Waals surface area contributed by atoms with Gasteiger partial charge in [0.05, 0.1) is 11.1 Å². The zero-order chi connectivity index (χ0) is 12.3. The number of nitro benzene ring substituents is 1. The Hall–Kier alpha value is -2.77. The van der Waals surface area contributed by atoms with Crippen LogP contribution in [0.2, 0.25) is 0 Å². The lowest BCUT2D eigenvalue weighted by Crippen LogP contribution is -1.92. The summed E-state index contributed by atoms with van der Waals surface area (Å²) in [6, 6.07) is 3.98. The standard InChI is InChI=1S/C9H7N5O3/c15-9-2-1-7(3-8(9)14(16)17)4-12-13-5-10-11-6-13/h1-6,15H. The van der Waals surface area contributed by atoms with E-state index in [9.17, 15) is 15.2 Å². The number of benzene rings is 1. The SMILES string of the molecule is O=[N+]([O-])c1cc(C=Nn2cnnc2)ccc1O. The fourth-order valence-corrected chi connectivity index (χ4v) is 1.16. The van der Waals surface area contributed by atoms with E-state index in [0.29, 0.717) is 5.56 Å². The van der Waals surface area contributed by atoms with E-state index in [1.807, 2.05) is 0 Å². The van der Waals surface area contributed by atoms with Crippen molar-refractivity contribution in [3.05, 3.63) is 46.5 Å². The molecule has 0 fully saturated rings. The summed E-state index contributed by atoms with van der Waals surface area (Å²) in [5, 5.41) is 30.8. The first-order valence-electron chi connectivity index (χ1n) is 4.53. The molecule has 2 rings (SSSR count). The number of hydrogen-bond acceptors (Lipinski definition) is 6. The Morgan fingerprint density at radius 3 is 2.76 bits per heavy atom. The highest BCUT2D eigenvalue weighted by Gasteiger charge is 2.12. The molecule has 0 radical (unpaired) electrons. The fraction of sp³-hybridized carbons (Fsp3) is 0. The predicted molar refractivity (Wildman–Crippen MR) is 57.8 cm³/mol. The second-order valence-corrected chi connectivity index (χ2v) is 3.09. The van der Waals surface area contributed by atoms with Crippen molar-refractivity contribution in [3.8, 4) is 5.75 Å². The van der Waals surface area contributed by atoms with E-state index in [4.69, 9.17) is 0 Å². The Balaban J connectivity index is 2.28. The number of nitro groups is 1. The first kappa shape index (κ1) is 10.7. The number of aromatic nitrogens is 3. The summed E-state index contributed by atoms with van der Waals surface area (Å²) in [4.78, 5) is 9.92. The van der Waals surface area contributed by atoms with Gasteiger partial charge in [0.15, 0.2) is 5.75 Å². The second kappa shape index (κ2) is 4.39. The van der Waals surface area contributed by atoms with Gasteiger partial charge >= 0.3 is 5.69 Å². The molecule has 17 heavy (non-hydrogen) atoms. The van der Waals surface area contributed by atoms with Crippen LogP contribution in [0, 0.1) is 10.1 Å². The molecule has 1 heterocycles. The lowest BCUT2D eigenvalue weighted by molar-refractivity contribution is -0.385. The number of phenolic OH excluding ortho intramolecular Hbond substituents is 1. The molecule has 1 aromatic carbocycles. The largest absolute Gasteiger partial charge is 0.502 e. The maximum absolute atomic E-state index is 10.6. The minimum absolute atomic E-state index is 0.363. The summed E-state index contributed by atoms with van der Waals surface area (Å²) in [6.07, 6.45) is 4.16. The van der Waals surface area contributed by atoms with Crippen molar-refractivity contribution < 1.29 is 10.0 Å². The van der Waals surface area contributed by atoms with Gasteiger partial charge in [-0.05, 0) is 12.1 Å². The second-order valence-electron chi connectivity index (χ2n) is 3.09. The topological polar surface area (TPSA) is 106 Å². The summed E-state index contributed by atoms with van der Waals surface area (Å²) in [7, 11) is 0. The number of rotatable bonds is 3. The highest BCUT2D eigenvalue weighted by molar-refractivity contribution is 5.81.